The molecule has 0 fully saturated rings. The minimum Gasteiger partial charge on any atom is -0.485 e. The zero-order valence-electron chi connectivity index (χ0n) is 10.3. The van der Waals surface area contributed by atoms with Gasteiger partial charge in [-0.1, -0.05) is 0 Å². The summed E-state index contributed by atoms with van der Waals surface area (Å²) < 4.78 is 21.5. The molecule has 100 valence electrons. The van der Waals surface area contributed by atoms with Crippen LogP contribution in [0.15, 0.2) is 22.7 Å². The molecule has 4 nitrogen and oxygen atoms in total. The van der Waals surface area contributed by atoms with Crippen molar-refractivity contribution in [2.75, 3.05) is 0 Å². The summed E-state index contributed by atoms with van der Waals surface area (Å²) in [5.41, 5.74) is 0. The van der Waals surface area contributed by atoms with E-state index in [9.17, 15) is 4.39 Å². The van der Waals surface area contributed by atoms with Crippen LogP contribution < -0.4 is 4.74 Å². The second-order valence-electron chi connectivity index (χ2n) is 4.51. The van der Waals surface area contributed by atoms with E-state index in [0.717, 1.165) is 37.5 Å². The highest BCUT2D eigenvalue weighted by molar-refractivity contribution is 9.10. The molecule has 1 aliphatic rings. The van der Waals surface area contributed by atoms with Crippen molar-refractivity contribution in [3.63, 3.8) is 0 Å². The van der Waals surface area contributed by atoms with Crippen LogP contribution in [-0.2, 0) is 19.6 Å². The molecule has 0 saturated carbocycles. The Labute approximate surface area is 118 Å². The predicted molar refractivity (Wildman–Crippen MR) is 71.4 cm³/mol. The highest BCUT2D eigenvalue weighted by Crippen LogP contribution is 2.22. The lowest BCUT2D eigenvalue weighted by Gasteiger charge is -2.14. The van der Waals surface area contributed by atoms with Crippen molar-refractivity contribution < 1.29 is 9.13 Å². The second kappa shape index (κ2) is 5.28. The van der Waals surface area contributed by atoms with E-state index in [2.05, 4.69) is 30.7 Å². The maximum absolute atomic E-state index is 13.4. The SMILES string of the molecule is Fc1cc(OCc2nnc3n2CCCC3)ccc1Br. The largest absolute Gasteiger partial charge is 0.485 e. The molecular formula is C13H13BrFN3O. The van der Waals surface area contributed by atoms with Crippen molar-refractivity contribution in [3.05, 3.63) is 40.1 Å². The number of hydrogen-bond acceptors (Lipinski definition) is 3. The summed E-state index contributed by atoms with van der Waals surface area (Å²) in [4.78, 5) is 0. The van der Waals surface area contributed by atoms with Gasteiger partial charge in [-0.3, -0.25) is 0 Å². The van der Waals surface area contributed by atoms with Gasteiger partial charge in [0.05, 0.1) is 4.47 Å². The Hall–Kier alpha value is -1.43. The van der Waals surface area contributed by atoms with Gasteiger partial charge >= 0.3 is 0 Å². The lowest BCUT2D eigenvalue weighted by atomic mass is 10.2. The summed E-state index contributed by atoms with van der Waals surface area (Å²) in [6.07, 6.45) is 3.28. The molecule has 6 heteroatoms. The van der Waals surface area contributed by atoms with Gasteiger partial charge in [-0.15, -0.1) is 10.2 Å². The Morgan fingerprint density at radius 2 is 2.21 bits per heavy atom. The number of hydrogen-bond donors (Lipinski definition) is 0. The standard InChI is InChI=1S/C13H13BrFN3O/c14-10-5-4-9(7-11(10)15)19-8-13-17-16-12-3-1-2-6-18(12)13/h4-5,7H,1-3,6,8H2. The maximum Gasteiger partial charge on any atom is 0.171 e. The summed E-state index contributed by atoms with van der Waals surface area (Å²) in [6.45, 7) is 1.25. The number of aryl methyl sites for hydroxylation is 1. The van der Waals surface area contributed by atoms with Gasteiger partial charge in [0.2, 0.25) is 0 Å². The average molecular weight is 326 g/mol. The molecule has 3 rings (SSSR count). The monoisotopic (exact) mass is 325 g/mol. The fourth-order valence-corrected chi connectivity index (χ4v) is 2.44. The first kappa shape index (κ1) is 12.6. The predicted octanol–water partition coefficient (Wildman–Crippen LogP) is 3.10. The summed E-state index contributed by atoms with van der Waals surface area (Å²) in [6, 6.07) is 4.71. The van der Waals surface area contributed by atoms with Gasteiger partial charge in [-0.05, 0) is 40.9 Å². The van der Waals surface area contributed by atoms with Crippen LogP contribution in [0.1, 0.15) is 24.5 Å². The minimum absolute atomic E-state index is 0.314. The van der Waals surface area contributed by atoms with Gasteiger partial charge in [-0.25, -0.2) is 4.39 Å². The molecule has 1 aromatic carbocycles. The van der Waals surface area contributed by atoms with E-state index >= 15 is 0 Å². The summed E-state index contributed by atoms with van der Waals surface area (Å²) in [5, 5.41) is 8.29. The molecule has 0 saturated heterocycles. The van der Waals surface area contributed by atoms with E-state index < -0.39 is 0 Å². The fourth-order valence-electron chi connectivity index (χ4n) is 2.19. The Balaban J connectivity index is 1.72. The first-order valence-electron chi connectivity index (χ1n) is 6.23. The molecule has 0 atom stereocenters. The van der Waals surface area contributed by atoms with E-state index in [4.69, 9.17) is 4.74 Å². The molecule has 0 unspecified atom stereocenters. The van der Waals surface area contributed by atoms with Crippen LogP contribution in [0.5, 0.6) is 5.75 Å². The van der Waals surface area contributed by atoms with Crippen LogP contribution in [0.4, 0.5) is 4.39 Å². The third-order valence-corrected chi connectivity index (χ3v) is 3.84. The Bertz CT molecular complexity index is 600. The molecule has 0 aliphatic carbocycles. The maximum atomic E-state index is 13.4. The molecule has 2 heterocycles. The molecule has 1 aliphatic heterocycles. The Kier molecular flexibility index (Phi) is 3.50. The van der Waals surface area contributed by atoms with Crippen LogP contribution in [0.3, 0.4) is 0 Å². The number of ether oxygens (including phenoxy) is 1. The Morgan fingerprint density at radius 1 is 1.32 bits per heavy atom. The van der Waals surface area contributed by atoms with Crippen LogP contribution in [0.25, 0.3) is 0 Å². The first-order valence-corrected chi connectivity index (χ1v) is 7.02. The van der Waals surface area contributed by atoms with E-state index in [0.29, 0.717) is 16.8 Å². The molecule has 0 amide bonds. The van der Waals surface area contributed by atoms with Crippen molar-refractivity contribution in [2.24, 2.45) is 0 Å². The van der Waals surface area contributed by atoms with Gasteiger partial charge < -0.3 is 9.30 Å². The number of benzene rings is 1. The summed E-state index contributed by atoms with van der Waals surface area (Å²) in [7, 11) is 0. The van der Waals surface area contributed by atoms with Crippen LogP contribution >= 0.6 is 15.9 Å². The molecule has 0 radical (unpaired) electrons. The lowest BCUT2D eigenvalue weighted by Crippen LogP contribution is -2.14. The molecular weight excluding hydrogens is 313 g/mol. The molecule has 0 spiro atoms. The van der Waals surface area contributed by atoms with Crippen molar-refractivity contribution in [2.45, 2.75) is 32.4 Å². The van der Waals surface area contributed by atoms with Gasteiger partial charge in [0.25, 0.3) is 0 Å². The van der Waals surface area contributed by atoms with Crippen molar-refractivity contribution in [3.8, 4) is 5.75 Å². The summed E-state index contributed by atoms with van der Waals surface area (Å²) >= 11 is 3.11. The number of halogens is 2. The lowest BCUT2D eigenvalue weighted by molar-refractivity contribution is 0.284. The second-order valence-corrected chi connectivity index (χ2v) is 5.36. The zero-order chi connectivity index (χ0) is 13.2. The first-order chi connectivity index (χ1) is 9.24. The third kappa shape index (κ3) is 2.63. The Morgan fingerprint density at radius 3 is 3.05 bits per heavy atom. The highest BCUT2D eigenvalue weighted by Gasteiger charge is 2.15. The molecule has 0 N–H and O–H groups in total. The van der Waals surface area contributed by atoms with Gasteiger partial charge in [-0.2, -0.15) is 0 Å². The van der Waals surface area contributed by atoms with E-state index in [1.54, 1.807) is 12.1 Å². The van der Waals surface area contributed by atoms with Crippen LogP contribution in [0.2, 0.25) is 0 Å². The van der Waals surface area contributed by atoms with E-state index in [-0.39, 0.29) is 5.82 Å². The molecule has 0 bridgehead atoms. The molecule has 1 aromatic heterocycles. The minimum atomic E-state index is -0.333. The van der Waals surface area contributed by atoms with Crippen molar-refractivity contribution in [1.82, 2.24) is 14.8 Å². The quantitative estimate of drug-likeness (QED) is 0.870. The van der Waals surface area contributed by atoms with Crippen LogP contribution in [-0.4, -0.2) is 14.8 Å². The van der Waals surface area contributed by atoms with Gasteiger partial charge in [0.15, 0.2) is 5.82 Å². The summed E-state index contributed by atoms with van der Waals surface area (Å²) in [5.74, 6) is 1.99. The van der Waals surface area contributed by atoms with Crippen LogP contribution in [0, 0.1) is 5.82 Å². The normalized spacial score (nSPS) is 14.2. The number of fused-ring (bicyclic) bond motifs is 1. The van der Waals surface area contributed by atoms with E-state index in [1.165, 1.54) is 6.07 Å². The highest BCUT2D eigenvalue weighted by atomic mass is 79.9. The molecule has 19 heavy (non-hydrogen) atoms. The molecule has 2 aromatic rings. The van der Waals surface area contributed by atoms with Crippen molar-refractivity contribution >= 4 is 15.9 Å². The fraction of sp³-hybridized carbons (Fsp3) is 0.385. The van der Waals surface area contributed by atoms with Gasteiger partial charge in [0.1, 0.15) is 24.0 Å². The smallest absolute Gasteiger partial charge is 0.171 e. The zero-order valence-corrected chi connectivity index (χ0v) is 11.9. The number of nitrogens with zero attached hydrogens (tertiary/aromatic N) is 3. The van der Waals surface area contributed by atoms with Crippen molar-refractivity contribution in [1.29, 1.82) is 0 Å². The third-order valence-electron chi connectivity index (χ3n) is 3.20. The van der Waals surface area contributed by atoms with Gasteiger partial charge in [0, 0.05) is 19.0 Å². The number of aromatic nitrogens is 3. The number of rotatable bonds is 3. The van der Waals surface area contributed by atoms with E-state index in [1.807, 2.05) is 0 Å². The average Bonchev–Trinajstić information content (AvgIpc) is 2.83. The topological polar surface area (TPSA) is 39.9 Å².